The number of H-pyrrole nitrogens is 1. The molecule has 0 saturated heterocycles. The average molecular weight is 335 g/mol. The maximum Gasteiger partial charge on any atom is 0.251 e. The molecule has 1 heterocycles. The number of anilines is 1. The van der Waals surface area contributed by atoms with Gasteiger partial charge in [-0.25, -0.2) is 0 Å². The number of para-hydroxylation sites is 1. The highest BCUT2D eigenvalue weighted by Crippen LogP contribution is 2.19. The van der Waals surface area contributed by atoms with Crippen molar-refractivity contribution in [1.82, 2.24) is 10.3 Å². The summed E-state index contributed by atoms with van der Waals surface area (Å²) in [5.41, 5.74) is 3.37. The molecule has 25 heavy (non-hydrogen) atoms. The van der Waals surface area contributed by atoms with Crippen LogP contribution >= 0.6 is 0 Å². The van der Waals surface area contributed by atoms with Crippen LogP contribution in [0.1, 0.15) is 29.3 Å². The number of aromatic amines is 1. The molecule has 0 fully saturated rings. The highest BCUT2D eigenvalue weighted by Gasteiger charge is 2.09. The summed E-state index contributed by atoms with van der Waals surface area (Å²) in [6.07, 6.45) is 2.99. The molecule has 0 aliphatic rings. The molecule has 128 valence electrons. The van der Waals surface area contributed by atoms with Gasteiger partial charge in [0.05, 0.1) is 0 Å². The third kappa shape index (κ3) is 4.07. The predicted octanol–water partition coefficient (Wildman–Crippen LogP) is 3.49. The first-order valence-electron chi connectivity index (χ1n) is 8.40. The number of hydrogen-bond donors (Lipinski definition) is 3. The molecule has 5 nitrogen and oxygen atoms in total. The maximum absolute atomic E-state index is 12.2. The van der Waals surface area contributed by atoms with Gasteiger partial charge in [-0.05, 0) is 43.2 Å². The summed E-state index contributed by atoms with van der Waals surface area (Å²) < 4.78 is 0. The van der Waals surface area contributed by atoms with E-state index in [1.165, 1.54) is 0 Å². The van der Waals surface area contributed by atoms with Gasteiger partial charge in [0.25, 0.3) is 5.91 Å². The molecule has 5 heteroatoms. The molecule has 0 aliphatic carbocycles. The topological polar surface area (TPSA) is 74.0 Å². The van der Waals surface area contributed by atoms with Gasteiger partial charge in [-0.1, -0.05) is 24.3 Å². The monoisotopic (exact) mass is 335 g/mol. The molecule has 3 N–H and O–H groups in total. The summed E-state index contributed by atoms with van der Waals surface area (Å²) in [4.78, 5) is 27.3. The fraction of sp³-hybridized carbons (Fsp3) is 0.200. The van der Waals surface area contributed by atoms with Gasteiger partial charge in [0.1, 0.15) is 0 Å². The van der Waals surface area contributed by atoms with Gasteiger partial charge >= 0.3 is 0 Å². The van der Waals surface area contributed by atoms with Gasteiger partial charge in [0, 0.05) is 41.3 Å². The zero-order valence-electron chi connectivity index (χ0n) is 14.1. The highest BCUT2D eigenvalue weighted by atomic mass is 16.2. The number of nitrogens with one attached hydrogen (secondary N) is 3. The second-order valence-corrected chi connectivity index (χ2v) is 5.85. The highest BCUT2D eigenvalue weighted by molar-refractivity contribution is 5.97. The molecule has 0 spiro atoms. The Bertz CT molecular complexity index is 899. The molecule has 0 aliphatic heterocycles. The lowest BCUT2D eigenvalue weighted by Crippen LogP contribution is -2.22. The lowest BCUT2D eigenvalue weighted by atomic mass is 10.1. The Hall–Kier alpha value is -3.08. The fourth-order valence-corrected chi connectivity index (χ4v) is 2.81. The predicted molar refractivity (Wildman–Crippen MR) is 99.7 cm³/mol. The van der Waals surface area contributed by atoms with Crippen LogP contribution in [0.3, 0.4) is 0 Å². The third-order valence-electron chi connectivity index (χ3n) is 4.04. The Morgan fingerprint density at radius 3 is 2.76 bits per heavy atom. The lowest BCUT2D eigenvalue weighted by molar-refractivity contribution is -0.116. The second-order valence-electron chi connectivity index (χ2n) is 5.85. The summed E-state index contributed by atoms with van der Waals surface area (Å²) >= 11 is 0. The minimum Gasteiger partial charge on any atom is -0.361 e. The number of hydrogen-bond acceptors (Lipinski definition) is 2. The zero-order chi connectivity index (χ0) is 17.6. The molecule has 0 radical (unpaired) electrons. The van der Waals surface area contributed by atoms with Crippen LogP contribution < -0.4 is 10.6 Å². The van der Waals surface area contributed by atoms with Crippen molar-refractivity contribution in [2.75, 3.05) is 11.9 Å². The first kappa shape index (κ1) is 16.8. The van der Waals surface area contributed by atoms with Gasteiger partial charge < -0.3 is 15.6 Å². The Balaban J connectivity index is 1.61. The number of benzene rings is 2. The van der Waals surface area contributed by atoms with Gasteiger partial charge in [0.15, 0.2) is 0 Å². The smallest absolute Gasteiger partial charge is 0.251 e. The van der Waals surface area contributed by atoms with Gasteiger partial charge in [-0.2, -0.15) is 0 Å². The molecule has 0 saturated carbocycles. The summed E-state index contributed by atoms with van der Waals surface area (Å²) in [7, 11) is 0. The third-order valence-corrected chi connectivity index (χ3v) is 4.04. The van der Waals surface area contributed by atoms with E-state index in [9.17, 15) is 9.59 Å². The Morgan fingerprint density at radius 2 is 1.92 bits per heavy atom. The standard InChI is InChI=1S/C20H21N3O2/c1-2-21-20(25)14-6-5-7-16(12-14)23-19(24)11-10-15-13-22-18-9-4-3-8-17(15)18/h3-9,12-13,22H,2,10-11H2,1H3,(H,21,25)(H,23,24). The number of aryl methyl sites for hydroxylation is 1. The Morgan fingerprint density at radius 1 is 1.08 bits per heavy atom. The van der Waals surface area contributed by atoms with Crippen molar-refractivity contribution in [2.24, 2.45) is 0 Å². The van der Waals surface area contributed by atoms with E-state index in [0.717, 1.165) is 16.5 Å². The summed E-state index contributed by atoms with van der Waals surface area (Å²) in [6.45, 7) is 2.44. The molecule has 3 aromatic rings. The van der Waals surface area contributed by atoms with E-state index >= 15 is 0 Å². The van der Waals surface area contributed by atoms with Crippen molar-refractivity contribution in [3.63, 3.8) is 0 Å². The minimum absolute atomic E-state index is 0.0710. The number of rotatable bonds is 6. The molecule has 2 amide bonds. The van der Waals surface area contributed by atoms with Crippen LogP contribution in [-0.4, -0.2) is 23.3 Å². The molecule has 0 unspecified atom stereocenters. The van der Waals surface area contributed by atoms with Crippen molar-refractivity contribution in [3.8, 4) is 0 Å². The molecule has 0 atom stereocenters. The number of amides is 2. The second kappa shape index (κ2) is 7.66. The Labute approximate surface area is 146 Å². The van der Waals surface area contributed by atoms with Crippen LogP contribution in [0.4, 0.5) is 5.69 Å². The molecular formula is C20H21N3O2. The molecule has 3 rings (SSSR count). The van der Waals surface area contributed by atoms with Gasteiger partial charge in [0.2, 0.25) is 5.91 Å². The zero-order valence-corrected chi connectivity index (χ0v) is 14.1. The van der Waals surface area contributed by atoms with Crippen LogP contribution in [-0.2, 0) is 11.2 Å². The van der Waals surface area contributed by atoms with E-state index in [1.807, 2.05) is 31.3 Å². The van der Waals surface area contributed by atoms with E-state index < -0.39 is 0 Å². The SMILES string of the molecule is CCNC(=O)c1cccc(NC(=O)CCc2c[nH]c3ccccc23)c1. The molecule has 1 aromatic heterocycles. The van der Waals surface area contributed by atoms with Crippen LogP contribution in [0.2, 0.25) is 0 Å². The Kier molecular flexibility index (Phi) is 5.14. The van der Waals surface area contributed by atoms with E-state index in [1.54, 1.807) is 24.3 Å². The van der Waals surface area contributed by atoms with E-state index in [4.69, 9.17) is 0 Å². The first-order chi connectivity index (χ1) is 12.2. The molecular weight excluding hydrogens is 314 g/mol. The van der Waals surface area contributed by atoms with Crippen LogP contribution in [0.15, 0.2) is 54.7 Å². The fourth-order valence-electron chi connectivity index (χ4n) is 2.81. The van der Waals surface area contributed by atoms with Crippen LogP contribution in [0, 0.1) is 0 Å². The van der Waals surface area contributed by atoms with Crippen molar-refractivity contribution < 1.29 is 9.59 Å². The molecule has 2 aromatic carbocycles. The normalized spacial score (nSPS) is 10.6. The summed E-state index contributed by atoms with van der Waals surface area (Å²) in [5.74, 6) is -0.212. The van der Waals surface area contributed by atoms with Crippen molar-refractivity contribution in [3.05, 3.63) is 65.9 Å². The summed E-state index contributed by atoms with van der Waals surface area (Å²) in [5, 5.41) is 6.76. The largest absolute Gasteiger partial charge is 0.361 e. The minimum atomic E-state index is -0.141. The van der Waals surface area contributed by atoms with Crippen molar-refractivity contribution in [2.45, 2.75) is 19.8 Å². The van der Waals surface area contributed by atoms with Gasteiger partial charge in [-0.3, -0.25) is 9.59 Å². The lowest BCUT2D eigenvalue weighted by Gasteiger charge is -2.07. The maximum atomic E-state index is 12.2. The van der Waals surface area contributed by atoms with Crippen LogP contribution in [0.5, 0.6) is 0 Å². The summed E-state index contributed by atoms with van der Waals surface area (Å²) in [6, 6.07) is 15.0. The van der Waals surface area contributed by atoms with Crippen molar-refractivity contribution in [1.29, 1.82) is 0 Å². The van der Waals surface area contributed by atoms with Crippen molar-refractivity contribution >= 4 is 28.4 Å². The van der Waals surface area contributed by atoms with Crippen LogP contribution in [0.25, 0.3) is 10.9 Å². The van der Waals surface area contributed by atoms with E-state index in [0.29, 0.717) is 30.6 Å². The quantitative estimate of drug-likeness (QED) is 0.645. The first-order valence-corrected chi connectivity index (χ1v) is 8.40. The number of carbonyl (C=O) groups excluding carboxylic acids is 2. The van der Waals surface area contributed by atoms with E-state index in [2.05, 4.69) is 21.7 Å². The number of aromatic nitrogens is 1. The molecule has 0 bridgehead atoms. The number of carbonyl (C=O) groups is 2. The van der Waals surface area contributed by atoms with E-state index in [-0.39, 0.29) is 11.8 Å². The average Bonchev–Trinajstić information content (AvgIpc) is 3.04. The van der Waals surface area contributed by atoms with Gasteiger partial charge in [-0.15, -0.1) is 0 Å². The number of fused-ring (bicyclic) bond motifs is 1.